The number of hydrogen-bond acceptors (Lipinski definition) is 6. The molecule has 3 aliphatic carbocycles. The molecule has 2 atom stereocenters. The molecule has 0 unspecified atom stereocenters. The van der Waals surface area contributed by atoms with Crippen LogP contribution in [-0.4, -0.2) is 21.7 Å². The van der Waals surface area contributed by atoms with Crippen molar-refractivity contribution in [2.75, 3.05) is 4.90 Å². The maximum absolute atomic E-state index is 13.8. The van der Waals surface area contributed by atoms with Gasteiger partial charge in [0.05, 0.1) is 16.5 Å². The van der Waals surface area contributed by atoms with Crippen LogP contribution in [0.4, 0.5) is 11.4 Å². The number of non-ortho nitro benzene ring substituents is 1. The topological polar surface area (TPSA) is 124 Å². The number of imide groups is 1. The van der Waals surface area contributed by atoms with E-state index in [9.17, 15) is 29.8 Å². The van der Waals surface area contributed by atoms with Crippen LogP contribution < -0.4 is 4.90 Å². The van der Waals surface area contributed by atoms with E-state index in [-0.39, 0.29) is 11.4 Å². The van der Waals surface area contributed by atoms with E-state index < -0.39 is 45.0 Å². The van der Waals surface area contributed by atoms with Crippen LogP contribution >= 0.6 is 0 Å². The molecule has 2 amide bonds. The number of nitrogens with zero attached hydrogens (tertiary/aromatic N) is 3. The Hall–Kier alpha value is -4.40. The van der Waals surface area contributed by atoms with Crippen molar-refractivity contribution in [1.82, 2.24) is 0 Å². The van der Waals surface area contributed by atoms with Gasteiger partial charge in [-0.1, -0.05) is 48.5 Å². The quantitative estimate of drug-likeness (QED) is 0.349. The third-order valence-corrected chi connectivity index (χ3v) is 7.18. The second kappa shape index (κ2) is 6.32. The molecule has 0 spiro atoms. The first kappa shape index (κ1) is 19.3. The van der Waals surface area contributed by atoms with Gasteiger partial charge in [0.1, 0.15) is 5.92 Å². The van der Waals surface area contributed by atoms with Gasteiger partial charge >= 0.3 is 0 Å². The van der Waals surface area contributed by atoms with Crippen molar-refractivity contribution in [1.29, 1.82) is 0 Å². The average Bonchev–Trinajstić information content (AvgIpc) is 3.09. The first-order valence-electron chi connectivity index (χ1n) is 10.3. The summed E-state index contributed by atoms with van der Waals surface area (Å²) in [5, 5.41) is 23.9. The summed E-state index contributed by atoms with van der Waals surface area (Å²) in [4.78, 5) is 51.3. The van der Waals surface area contributed by atoms with Crippen LogP contribution in [0.1, 0.15) is 28.2 Å². The number of carbonyl (C=O) groups excluding carboxylic acids is 2. The summed E-state index contributed by atoms with van der Waals surface area (Å²) in [5.74, 6) is -3.85. The van der Waals surface area contributed by atoms with Gasteiger partial charge in [0.15, 0.2) is 0 Å². The highest BCUT2D eigenvalue weighted by atomic mass is 16.6. The molecule has 162 valence electrons. The summed E-state index contributed by atoms with van der Waals surface area (Å²) < 4.78 is 0. The molecule has 9 heteroatoms. The van der Waals surface area contributed by atoms with Crippen molar-refractivity contribution in [3.8, 4) is 0 Å². The predicted molar refractivity (Wildman–Crippen MR) is 115 cm³/mol. The molecule has 9 nitrogen and oxygen atoms in total. The number of benzene rings is 3. The van der Waals surface area contributed by atoms with Crippen molar-refractivity contribution in [2.45, 2.75) is 11.5 Å². The molecule has 0 aromatic heterocycles. The highest BCUT2D eigenvalue weighted by Gasteiger charge is 2.74. The van der Waals surface area contributed by atoms with Crippen LogP contribution in [0.25, 0.3) is 0 Å². The maximum Gasteiger partial charge on any atom is 0.285 e. The van der Waals surface area contributed by atoms with Crippen LogP contribution in [0.15, 0.2) is 72.8 Å². The summed E-state index contributed by atoms with van der Waals surface area (Å²) in [7, 11) is 0. The Morgan fingerprint density at radius 1 is 0.758 bits per heavy atom. The zero-order valence-corrected chi connectivity index (χ0v) is 17.0. The van der Waals surface area contributed by atoms with Gasteiger partial charge in [-0.2, -0.15) is 0 Å². The minimum Gasteiger partial charge on any atom is -0.274 e. The van der Waals surface area contributed by atoms with Gasteiger partial charge < -0.3 is 0 Å². The zero-order chi connectivity index (χ0) is 23.1. The Kier molecular flexibility index (Phi) is 3.69. The lowest BCUT2D eigenvalue weighted by molar-refractivity contribution is -0.578. The highest BCUT2D eigenvalue weighted by Crippen LogP contribution is 2.64. The Morgan fingerprint density at radius 3 is 1.82 bits per heavy atom. The first-order chi connectivity index (χ1) is 15.9. The SMILES string of the molecule is O=C1[C@@H]2[C@@H](C(=O)N1c1ccc([N+](=O)[O-])cc1)C1c3ccccc3C2([N+](=O)[O-])c2ccccc21. The average molecular weight is 441 g/mol. The van der Waals surface area contributed by atoms with Crippen molar-refractivity contribution >= 4 is 23.2 Å². The molecule has 3 aromatic rings. The summed E-state index contributed by atoms with van der Waals surface area (Å²) >= 11 is 0. The molecular formula is C24H15N3O6. The number of rotatable bonds is 3. The van der Waals surface area contributed by atoms with E-state index in [2.05, 4.69) is 0 Å². The predicted octanol–water partition coefficient (Wildman–Crippen LogP) is 3.38. The normalized spacial score (nSPS) is 26.5. The molecule has 0 radical (unpaired) electrons. The second-order valence-electron chi connectivity index (χ2n) is 8.46. The Bertz CT molecular complexity index is 1350. The Balaban J connectivity index is 1.61. The van der Waals surface area contributed by atoms with E-state index in [4.69, 9.17) is 0 Å². The van der Waals surface area contributed by atoms with Crippen LogP contribution in [0.5, 0.6) is 0 Å². The van der Waals surface area contributed by atoms with Gasteiger partial charge in [-0.05, 0) is 23.3 Å². The largest absolute Gasteiger partial charge is 0.285 e. The van der Waals surface area contributed by atoms with E-state index in [0.29, 0.717) is 22.3 Å². The minimum atomic E-state index is -1.89. The third kappa shape index (κ3) is 2.16. The molecule has 2 bridgehead atoms. The lowest BCUT2D eigenvalue weighted by Gasteiger charge is -2.48. The summed E-state index contributed by atoms with van der Waals surface area (Å²) in [5.41, 5.74) is 0.322. The Morgan fingerprint density at radius 2 is 1.30 bits per heavy atom. The molecular weight excluding hydrogens is 426 g/mol. The fourth-order valence-electron chi connectivity index (χ4n) is 6.02. The van der Waals surface area contributed by atoms with E-state index in [1.54, 1.807) is 48.5 Å². The van der Waals surface area contributed by atoms with Gasteiger partial charge in [-0.15, -0.1) is 0 Å². The van der Waals surface area contributed by atoms with Crippen molar-refractivity contribution in [3.63, 3.8) is 0 Å². The van der Waals surface area contributed by atoms with Crippen LogP contribution in [-0.2, 0) is 15.1 Å². The van der Waals surface area contributed by atoms with Crippen LogP contribution in [0.3, 0.4) is 0 Å². The lowest BCUT2D eigenvalue weighted by Crippen LogP contribution is -2.57. The molecule has 1 fully saturated rings. The van der Waals surface area contributed by atoms with Gasteiger partial charge in [0.2, 0.25) is 11.8 Å². The maximum atomic E-state index is 13.8. The summed E-state index contributed by atoms with van der Waals surface area (Å²) in [6.45, 7) is 0. The number of amides is 2. The van der Waals surface area contributed by atoms with E-state index in [0.717, 1.165) is 4.90 Å². The van der Waals surface area contributed by atoms with Gasteiger partial charge in [0.25, 0.3) is 11.2 Å². The van der Waals surface area contributed by atoms with E-state index in [1.807, 2.05) is 0 Å². The van der Waals surface area contributed by atoms with Gasteiger partial charge in [0, 0.05) is 34.1 Å². The summed E-state index contributed by atoms with van der Waals surface area (Å²) in [6, 6.07) is 19.0. The first-order valence-corrected chi connectivity index (χ1v) is 10.3. The minimum absolute atomic E-state index is 0.163. The Labute approximate surface area is 186 Å². The number of hydrogen-bond donors (Lipinski definition) is 0. The lowest BCUT2D eigenvalue weighted by atomic mass is 9.51. The fraction of sp³-hybridized carbons (Fsp3) is 0.167. The third-order valence-electron chi connectivity index (χ3n) is 7.18. The molecule has 7 rings (SSSR count). The molecule has 4 aliphatic rings. The second-order valence-corrected chi connectivity index (χ2v) is 8.46. The van der Waals surface area contributed by atoms with Crippen molar-refractivity contribution in [2.24, 2.45) is 11.8 Å². The zero-order valence-electron chi connectivity index (χ0n) is 17.0. The van der Waals surface area contributed by atoms with Crippen molar-refractivity contribution in [3.05, 3.63) is 115 Å². The van der Waals surface area contributed by atoms with E-state index >= 15 is 0 Å². The number of carbonyl (C=O) groups is 2. The number of nitro groups is 2. The number of anilines is 1. The molecule has 1 aliphatic heterocycles. The standard InChI is InChI=1S/C24H15N3O6/c28-22-20-19-15-5-1-3-7-17(15)24(27(32)33,18-8-4-2-6-16(18)19)21(20)23(29)25(22)13-9-11-14(12-10-13)26(30)31/h1-12,19-21H/t19?,20-,21-,24?/m0/s1. The molecule has 0 saturated carbocycles. The monoisotopic (exact) mass is 441 g/mol. The van der Waals surface area contributed by atoms with Crippen LogP contribution in [0.2, 0.25) is 0 Å². The molecule has 3 aromatic carbocycles. The smallest absolute Gasteiger partial charge is 0.274 e. The van der Waals surface area contributed by atoms with Crippen molar-refractivity contribution < 1.29 is 19.4 Å². The molecule has 0 N–H and O–H groups in total. The molecule has 33 heavy (non-hydrogen) atoms. The molecule has 1 saturated heterocycles. The van der Waals surface area contributed by atoms with E-state index in [1.165, 1.54) is 24.3 Å². The van der Waals surface area contributed by atoms with Crippen LogP contribution in [0, 0.1) is 32.1 Å². The number of nitro benzene ring substituents is 1. The summed E-state index contributed by atoms with van der Waals surface area (Å²) in [6.07, 6.45) is 0. The molecule has 1 heterocycles. The van der Waals surface area contributed by atoms with Gasteiger partial charge in [-0.25, -0.2) is 4.90 Å². The fourth-order valence-corrected chi connectivity index (χ4v) is 6.02. The highest BCUT2D eigenvalue weighted by molar-refractivity contribution is 6.23. The van der Waals surface area contributed by atoms with Gasteiger partial charge in [-0.3, -0.25) is 29.8 Å².